The molecule has 0 aromatic rings. The van der Waals surface area contributed by atoms with Gasteiger partial charge < -0.3 is 5.11 Å². The largest absolute Gasteiger partial charge is 0.512 e. The van der Waals surface area contributed by atoms with Crippen molar-refractivity contribution in [2.45, 2.75) is 65.7 Å². The van der Waals surface area contributed by atoms with Gasteiger partial charge in [0.05, 0.1) is 5.76 Å². The molecule has 1 aliphatic carbocycles. The molecule has 0 unspecified atom stereocenters. The zero-order chi connectivity index (χ0) is 12.0. The van der Waals surface area contributed by atoms with Crippen LogP contribution in [0.3, 0.4) is 0 Å². The molecule has 0 radical (unpaired) electrons. The minimum absolute atomic E-state index is 0.0970. The average Bonchev–Trinajstić information content (AvgIpc) is 2.24. The van der Waals surface area contributed by atoms with E-state index in [0.29, 0.717) is 5.76 Å². The smallest absolute Gasteiger partial charge is 0.0917 e. The maximum Gasteiger partial charge on any atom is 0.0917 e. The number of allylic oxidation sites excluding steroid dienone is 4. The predicted molar refractivity (Wildman–Crippen MR) is 70.6 cm³/mol. The van der Waals surface area contributed by atoms with E-state index in [1.807, 2.05) is 0 Å². The molecule has 0 aliphatic heterocycles. The van der Waals surface area contributed by atoms with E-state index in [1.54, 1.807) is 0 Å². The molecule has 0 saturated carbocycles. The van der Waals surface area contributed by atoms with Crippen LogP contribution in [0.2, 0.25) is 0 Å². The van der Waals surface area contributed by atoms with Gasteiger partial charge in [0.2, 0.25) is 0 Å². The van der Waals surface area contributed by atoms with Crippen molar-refractivity contribution in [1.29, 1.82) is 0 Å². The van der Waals surface area contributed by atoms with Crippen LogP contribution < -0.4 is 0 Å². The van der Waals surface area contributed by atoms with Gasteiger partial charge in [0.15, 0.2) is 0 Å². The molecule has 0 spiro atoms. The fourth-order valence-electron chi connectivity index (χ4n) is 2.14. The van der Waals surface area contributed by atoms with Crippen LogP contribution in [0.1, 0.15) is 65.7 Å². The van der Waals surface area contributed by atoms with Gasteiger partial charge >= 0.3 is 0 Å². The van der Waals surface area contributed by atoms with Gasteiger partial charge in [0, 0.05) is 6.42 Å². The Hall–Kier alpha value is -0.720. The predicted octanol–water partition coefficient (Wildman–Crippen LogP) is 5.15. The molecule has 1 rings (SSSR count). The van der Waals surface area contributed by atoms with Crippen molar-refractivity contribution in [1.82, 2.24) is 0 Å². The van der Waals surface area contributed by atoms with Crippen molar-refractivity contribution in [3.63, 3.8) is 0 Å². The molecule has 0 saturated heterocycles. The van der Waals surface area contributed by atoms with Gasteiger partial charge in [-0.1, -0.05) is 38.8 Å². The van der Waals surface area contributed by atoms with Gasteiger partial charge in [-0.3, -0.25) is 0 Å². The SMILES string of the molecule is C/C1=C(/O)CCCCCC/C=C/CC1(C)C. The van der Waals surface area contributed by atoms with Gasteiger partial charge in [-0.2, -0.15) is 0 Å². The van der Waals surface area contributed by atoms with Crippen LogP contribution in [0.25, 0.3) is 0 Å². The molecule has 0 atom stereocenters. The van der Waals surface area contributed by atoms with E-state index in [9.17, 15) is 5.11 Å². The molecule has 1 N–H and O–H groups in total. The van der Waals surface area contributed by atoms with Crippen molar-refractivity contribution in [3.8, 4) is 0 Å². The molecule has 1 aliphatic rings. The van der Waals surface area contributed by atoms with E-state index < -0.39 is 0 Å². The van der Waals surface area contributed by atoms with Crippen LogP contribution in [-0.2, 0) is 0 Å². The molecule has 0 heterocycles. The Morgan fingerprint density at radius 2 is 1.75 bits per heavy atom. The summed E-state index contributed by atoms with van der Waals surface area (Å²) in [5.74, 6) is 0.624. The third kappa shape index (κ3) is 4.03. The molecular formula is C15H26O. The van der Waals surface area contributed by atoms with Crippen LogP contribution in [-0.4, -0.2) is 5.11 Å². The molecule has 1 nitrogen and oxygen atoms in total. The van der Waals surface area contributed by atoms with E-state index in [0.717, 1.165) is 24.8 Å². The first-order chi connectivity index (χ1) is 7.54. The first-order valence-corrected chi connectivity index (χ1v) is 6.58. The maximum atomic E-state index is 10.1. The van der Waals surface area contributed by atoms with Gasteiger partial charge in [-0.25, -0.2) is 0 Å². The first kappa shape index (κ1) is 13.3. The summed E-state index contributed by atoms with van der Waals surface area (Å²) in [6, 6.07) is 0. The van der Waals surface area contributed by atoms with Crippen molar-refractivity contribution in [3.05, 3.63) is 23.5 Å². The summed E-state index contributed by atoms with van der Waals surface area (Å²) in [7, 11) is 0. The number of aliphatic hydroxyl groups is 1. The van der Waals surface area contributed by atoms with E-state index in [2.05, 4.69) is 32.9 Å². The fraction of sp³-hybridized carbons (Fsp3) is 0.733. The number of hydrogen-bond donors (Lipinski definition) is 1. The Kier molecular flexibility index (Phi) is 5.11. The van der Waals surface area contributed by atoms with Gasteiger partial charge in [-0.05, 0) is 43.6 Å². The zero-order valence-electron chi connectivity index (χ0n) is 11.1. The number of aliphatic hydroxyl groups excluding tert-OH is 1. The minimum atomic E-state index is 0.0970. The average molecular weight is 222 g/mol. The molecule has 1 heteroatoms. The third-order valence-electron chi connectivity index (χ3n) is 3.78. The van der Waals surface area contributed by atoms with Crippen molar-refractivity contribution >= 4 is 0 Å². The van der Waals surface area contributed by atoms with Gasteiger partial charge in [0.25, 0.3) is 0 Å². The Balaban J connectivity index is 2.77. The molecule has 0 aromatic carbocycles. The van der Waals surface area contributed by atoms with Crippen molar-refractivity contribution < 1.29 is 5.11 Å². The van der Waals surface area contributed by atoms with E-state index in [4.69, 9.17) is 0 Å². The van der Waals surface area contributed by atoms with Crippen molar-refractivity contribution in [2.24, 2.45) is 5.41 Å². The summed E-state index contributed by atoms with van der Waals surface area (Å²) in [5.41, 5.74) is 1.26. The number of hydrogen-bond acceptors (Lipinski definition) is 1. The van der Waals surface area contributed by atoms with Crippen LogP contribution in [0.4, 0.5) is 0 Å². The summed E-state index contributed by atoms with van der Waals surface area (Å²) in [5, 5.41) is 10.1. The van der Waals surface area contributed by atoms with E-state index >= 15 is 0 Å². The highest BCUT2D eigenvalue weighted by Crippen LogP contribution is 2.33. The third-order valence-corrected chi connectivity index (χ3v) is 3.78. The topological polar surface area (TPSA) is 20.2 Å². The Bertz CT molecular complexity index is 271. The fourth-order valence-corrected chi connectivity index (χ4v) is 2.14. The second kappa shape index (κ2) is 6.12. The molecular weight excluding hydrogens is 196 g/mol. The summed E-state index contributed by atoms with van der Waals surface area (Å²) in [4.78, 5) is 0. The first-order valence-electron chi connectivity index (χ1n) is 6.58. The highest BCUT2D eigenvalue weighted by Gasteiger charge is 2.21. The second-order valence-electron chi connectivity index (χ2n) is 5.58. The molecule has 0 aromatic heterocycles. The van der Waals surface area contributed by atoms with Crippen LogP contribution in [0.15, 0.2) is 23.5 Å². The lowest BCUT2D eigenvalue weighted by atomic mass is 9.80. The van der Waals surface area contributed by atoms with E-state index in [-0.39, 0.29) is 5.41 Å². The second-order valence-corrected chi connectivity index (χ2v) is 5.58. The highest BCUT2D eigenvalue weighted by molar-refractivity contribution is 5.15. The Morgan fingerprint density at radius 1 is 1.06 bits per heavy atom. The van der Waals surface area contributed by atoms with Crippen molar-refractivity contribution in [2.75, 3.05) is 0 Å². The van der Waals surface area contributed by atoms with Gasteiger partial charge in [-0.15, -0.1) is 0 Å². The lowest BCUT2D eigenvalue weighted by molar-refractivity contribution is 0.339. The lowest BCUT2D eigenvalue weighted by Gasteiger charge is -2.26. The molecule has 16 heavy (non-hydrogen) atoms. The minimum Gasteiger partial charge on any atom is -0.512 e. The maximum absolute atomic E-state index is 10.1. The molecule has 0 fully saturated rings. The van der Waals surface area contributed by atoms with Crippen LogP contribution >= 0.6 is 0 Å². The Labute approximate surface area is 100 Å². The quantitative estimate of drug-likeness (QED) is 0.562. The van der Waals surface area contributed by atoms with Crippen LogP contribution in [0, 0.1) is 5.41 Å². The van der Waals surface area contributed by atoms with E-state index in [1.165, 1.54) is 25.7 Å². The molecule has 92 valence electrons. The summed E-state index contributed by atoms with van der Waals surface area (Å²) < 4.78 is 0. The standard InChI is InChI=1S/C15H26O/c1-13-14(16)11-9-7-5-4-6-8-10-12-15(13,2)3/h8,10,16H,4-7,9,11-12H2,1-3H3/b10-8+,14-13-. The summed E-state index contributed by atoms with van der Waals surface area (Å²) >= 11 is 0. The number of rotatable bonds is 0. The zero-order valence-corrected chi connectivity index (χ0v) is 11.1. The monoisotopic (exact) mass is 222 g/mol. The highest BCUT2D eigenvalue weighted by atomic mass is 16.3. The molecule has 0 bridgehead atoms. The Morgan fingerprint density at radius 3 is 2.50 bits per heavy atom. The normalized spacial score (nSPS) is 30.2. The summed E-state index contributed by atoms with van der Waals surface area (Å²) in [6.45, 7) is 6.51. The van der Waals surface area contributed by atoms with Crippen LogP contribution in [0.5, 0.6) is 0 Å². The molecule has 0 amide bonds. The van der Waals surface area contributed by atoms with Gasteiger partial charge in [0.1, 0.15) is 0 Å². The summed E-state index contributed by atoms with van der Waals surface area (Å²) in [6.07, 6.45) is 12.6. The lowest BCUT2D eigenvalue weighted by Crippen LogP contribution is -2.14.